The molecule has 2 atom stereocenters. The van der Waals surface area contributed by atoms with E-state index in [-0.39, 0.29) is 17.6 Å². The number of alkyl halides is 3. The van der Waals surface area contributed by atoms with Crippen molar-refractivity contribution >= 4 is 5.97 Å². The van der Waals surface area contributed by atoms with Crippen LogP contribution in [0.1, 0.15) is 26.2 Å². The highest BCUT2D eigenvalue weighted by atomic mass is 19.4. The molecule has 2 unspecified atom stereocenters. The van der Waals surface area contributed by atoms with Crippen molar-refractivity contribution in [2.75, 3.05) is 0 Å². The lowest BCUT2D eigenvalue weighted by Crippen LogP contribution is -2.17. The molecule has 84 valence electrons. The largest absolute Gasteiger partial charge is 0.458 e. The summed E-state index contributed by atoms with van der Waals surface area (Å²) in [5.41, 5.74) is -0.938. The number of ether oxygens (including phenoxy) is 1. The highest BCUT2D eigenvalue weighted by Gasteiger charge is 2.47. The summed E-state index contributed by atoms with van der Waals surface area (Å²) in [5, 5.41) is 0. The van der Waals surface area contributed by atoms with Crippen molar-refractivity contribution in [2.24, 2.45) is 5.92 Å². The molecule has 2 nitrogen and oxygen atoms in total. The summed E-state index contributed by atoms with van der Waals surface area (Å²) in [6, 6.07) is 0. The number of esters is 1. The van der Waals surface area contributed by atoms with E-state index in [2.05, 4.69) is 0 Å². The summed E-state index contributed by atoms with van der Waals surface area (Å²) in [7, 11) is 0. The predicted molar refractivity (Wildman–Crippen MR) is 46.0 cm³/mol. The van der Waals surface area contributed by atoms with E-state index in [4.69, 9.17) is 4.74 Å². The first-order chi connectivity index (χ1) is 6.91. The second-order valence-corrected chi connectivity index (χ2v) is 4.02. The van der Waals surface area contributed by atoms with E-state index in [0.717, 1.165) is 13.3 Å². The van der Waals surface area contributed by atoms with Crippen LogP contribution in [0.25, 0.3) is 0 Å². The number of allylic oxidation sites excluding steroid dienone is 1. The molecule has 0 aromatic rings. The van der Waals surface area contributed by atoms with Gasteiger partial charge in [0.25, 0.3) is 0 Å². The minimum atomic E-state index is -4.42. The van der Waals surface area contributed by atoms with Crippen molar-refractivity contribution in [2.45, 2.75) is 38.5 Å². The first-order valence-electron chi connectivity index (χ1n) is 4.90. The van der Waals surface area contributed by atoms with Gasteiger partial charge in [0, 0.05) is 11.5 Å². The maximum absolute atomic E-state index is 12.5. The number of fused-ring (bicyclic) bond motifs is 1. The third-order valence-corrected chi connectivity index (χ3v) is 3.13. The molecular weight excluding hydrogens is 209 g/mol. The summed E-state index contributed by atoms with van der Waals surface area (Å²) in [6.07, 6.45) is -2.60. The smallest absolute Gasteiger partial charge is 0.412 e. The summed E-state index contributed by atoms with van der Waals surface area (Å²) in [4.78, 5) is 11.3. The van der Waals surface area contributed by atoms with E-state index < -0.39 is 17.7 Å². The zero-order valence-electron chi connectivity index (χ0n) is 8.23. The Balaban J connectivity index is 2.39. The molecule has 1 saturated carbocycles. The summed E-state index contributed by atoms with van der Waals surface area (Å²) >= 11 is 0. The van der Waals surface area contributed by atoms with Crippen LogP contribution in [0.4, 0.5) is 13.2 Å². The van der Waals surface area contributed by atoms with E-state index in [1.807, 2.05) is 0 Å². The Morgan fingerprint density at radius 1 is 1.40 bits per heavy atom. The molecule has 0 spiro atoms. The summed E-state index contributed by atoms with van der Waals surface area (Å²) < 4.78 is 42.3. The number of hydrogen-bond donors (Lipinski definition) is 0. The minimum Gasteiger partial charge on any atom is -0.458 e. The van der Waals surface area contributed by atoms with Gasteiger partial charge in [0.2, 0.25) is 0 Å². The Hall–Kier alpha value is -1.00. The van der Waals surface area contributed by atoms with Gasteiger partial charge in [0.05, 0.1) is 5.57 Å². The van der Waals surface area contributed by atoms with Gasteiger partial charge < -0.3 is 4.74 Å². The van der Waals surface area contributed by atoms with Crippen LogP contribution in [-0.4, -0.2) is 18.2 Å². The number of hydrogen-bond acceptors (Lipinski definition) is 2. The van der Waals surface area contributed by atoms with Crippen LogP contribution in [0.15, 0.2) is 11.1 Å². The van der Waals surface area contributed by atoms with E-state index in [1.165, 1.54) is 0 Å². The zero-order valence-corrected chi connectivity index (χ0v) is 8.23. The highest BCUT2D eigenvalue weighted by Crippen LogP contribution is 2.44. The van der Waals surface area contributed by atoms with E-state index in [1.54, 1.807) is 0 Å². The Labute approximate surface area is 85.1 Å². The van der Waals surface area contributed by atoms with E-state index >= 15 is 0 Å². The maximum atomic E-state index is 12.5. The predicted octanol–water partition coefficient (Wildman–Crippen LogP) is 2.59. The molecule has 0 radical (unpaired) electrons. The van der Waals surface area contributed by atoms with Gasteiger partial charge in [-0.25, -0.2) is 4.79 Å². The molecule has 0 bridgehead atoms. The fraction of sp³-hybridized carbons (Fsp3) is 0.700. The van der Waals surface area contributed by atoms with Crippen molar-refractivity contribution in [1.82, 2.24) is 0 Å². The Morgan fingerprint density at radius 2 is 2.07 bits per heavy atom. The van der Waals surface area contributed by atoms with Crippen LogP contribution in [0.5, 0.6) is 0 Å². The molecule has 1 aliphatic carbocycles. The third-order valence-electron chi connectivity index (χ3n) is 3.13. The number of carbonyl (C=O) groups is 1. The summed E-state index contributed by atoms with van der Waals surface area (Å²) in [5.74, 6) is -1.11. The average molecular weight is 220 g/mol. The maximum Gasteiger partial charge on any atom is 0.412 e. The number of halogens is 3. The molecule has 1 heterocycles. The standard InChI is InChI=1S/C10H11F3O2/c1-5(10(11,12)13)8-6-3-2-4-7(6)15-9(8)14/h6-7H,2-4H2,1H3/b8-5+. The van der Waals surface area contributed by atoms with Crippen molar-refractivity contribution in [3.63, 3.8) is 0 Å². The van der Waals surface area contributed by atoms with Gasteiger partial charge >= 0.3 is 12.1 Å². The fourth-order valence-electron chi connectivity index (χ4n) is 2.33. The van der Waals surface area contributed by atoms with Crippen molar-refractivity contribution < 1.29 is 22.7 Å². The number of carbonyl (C=O) groups excluding carboxylic acids is 1. The molecule has 5 heteroatoms. The quantitative estimate of drug-likeness (QED) is 0.463. The normalized spacial score (nSPS) is 34.0. The number of rotatable bonds is 0. The Bertz CT molecular complexity index is 330. The molecular formula is C10H11F3O2. The van der Waals surface area contributed by atoms with Gasteiger partial charge in [-0.1, -0.05) is 0 Å². The average Bonchev–Trinajstić information content (AvgIpc) is 2.60. The Morgan fingerprint density at radius 3 is 2.67 bits per heavy atom. The molecule has 0 aromatic heterocycles. The van der Waals surface area contributed by atoms with Crippen molar-refractivity contribution in [3.05, 3.63) is 11.1 Å². The van der Waals surface area contributed by atoms with Crippen molar-refractivity contribution in [1.29, 1.82) is 0 Å². The van der Waals surface area contributed by atoms with Crippen LogP contribution in [-0.2, 0) is 9.53 Å². The molecule has 1 saturated heterocycles. The van der Waals surface area contributed by atoms with Crippen LogP contribution in [0.3, 0.4) is 0 Å². The first kappa shape index (κ1) is 10.5. The van der Waals surface area contributed by atoms with Gasteiger partial charge in [-0.05, 0) is 26.2 Å². The molecule has 0 amide bonds. The van der Waals surface area contributed by atoms with Gasteiger partial charge in [-0.15, -0.1) is 0 Å². The molecule has 0 aromatic carbocycles. The van der Waals surface area contributed by atoms with Crippen LogP contribution in [0.2, 0.25) is 0 Å². The zero-order chi connectivity index (χ0) is 11.2. The molecule has 0 N–H and O–H groups in total. The second kappa shape index (κ2) is 3.25. The van der Waals surface area contributed by atoms with E-state index in [9.17, 15) is 18.0 Å². The SMILES string of the molecule is C/C(=C1\C(=O)OC2CCCC12)C(F)(F)F. The fourth-order valence-corrected chi connectivity index (χ4v) is 2.33. The third kappa shape index (κ3) is 1.64. The highest BCUT2D eigenvalue weighted by molar-refractivity contribution is 5.92. The topological polar surface area (TPSA) is 26.3 Å². The van der Waals surface area contributed by atoms with Crippen LogP contribution >= 0.6 is 0 Å². The van der Waals surface area contributed by atoms with Gasteiger partial charge in [0.15, 0.2) is 0 Å². The van der Waals surface area contributed by atoms with Gasteiger partial charge in [-0.3, -0.25) is 0 Å². The van der Waals surface area contributed by atoms with Gasteiger partial charge in [0.1, 0.15) is 6.10 Å². The summed E-state index contributed by atoms with van der Waals surface area (Å²) in [6.45, 7) is 0.956. The van der Waals surface area contributed by atoms with Crippen LogP contribution in [0, 0.1) is 5.92 Å². The Kier molecular flexibility index (Phi) is 2.28. The van der Waals surface area contributed by atoms with Crippen molar-refractivity contribution in [3.8, 4) is 0 Å². The molecule has 2 rings (SSSR count). The van der Waals surface area contributed by atoms with Crippen LogP contribution < -0.4 is 0 Å². The lowest BCUT2D eigenvalue weighted by atomic mass is 9.94. The van der Waals surface area contributed by atoms with E-state index in [0.29, 0.717) is 12.8 Å². The lowest BCUT2D eigenvalue weighted by Gasteiger charge is -2.11. The lowest BCUT2D eigenvalue weighted by molar-refractivity contribution is -0.139. The first-order valence-corrected chi connectivity index (χ1v) is 4.90. The molecule has 2 fully saturated rings. The molecule has 1 aliphatic heterocycles. The molecule has 15 heavy (non-hydrogen) atoms. The second-order valence-electron chi connectivity index (χ2n) is 4.02. The van der Waals surface area contributed by atoms with Gasteiger partial charge in [-0.2, -0.15) is 13.2 Å². The monoisotopic (exact) mass is 220 g/mol. The minimum absolute atomic E-state index is 0.148. The molecule has 2 aliphatic rings.